The van der Waals surface area contributed by atoms with Crippen molar-refractivity contribution in [3.8, 4) is 0 Å². The van der Waals surface area contributed by atoms with Crippen LogP contribution in [0.15, 0.2) is 0 Å². The quantitative estimate of drug-likeness (QED) is 0.731. The molecular formula is C18H29N3O3. The molecule has 0 radical (unpaired) electrons. The molecule has 0 aliphatic heterocycles. The first kappa shape index (κ1) is 18.6. The highest BCUT2D eigenvalue weighted by Gasteiger charge is 2.46. The van der Waals surface area contributed by atoms with Gasteiger partial charge in [0.1, 0.15) is 5.78 Å². The summed E-state index contributed by atoms with van der Waals surface area (Å²) in [4.78, 5) is 26.2. The molecule has 0 saturated heterocycles. The molecular weight excluding hydrogens is 306 g/mol. The summed E-state index contributed by atoms with van der Waals surface area (Å²) in [5, 5.41) is 4.55. The van der Waals surface area contributed by atoms with E-state index in [9.17, 15) is 9.59 Å². The zero-order valence-electron chi connectivity index (χ0n) is 15.5. The highest BCUT2D eigenvalue weighted by molar-refractivity contribution is 5.89. The van der Waals surface area contributed by atoms with Gasteiger partial charge in [0.05, 0.1) is 24.3 Å². The second-order valence-corrected chi connectivity index (χ2v) is 7.04. The molecule has 0 aromatic carbocycles. The number of carbonyl (C=O) groups excluding carboxylic acids is 2. The van der Waals surface area contributed by atoms with E-state index in [0.29, 0.717) is 26.1 Å². The van der Waals surface area contributed by atoms with Crippen molar-refractivity contribution in [1.82, 2.24) is 14.7 Å². The zero-order valence-corrected chi connectivity index (χ0v) is 15.5. The molecule has 1 saturated carbocycles. The number of aromatic nitrogens is 2. The molecule has 1 heterocycles. The van der Waals surface area contributed by atoms with Crippen molar-refractivity contribution in [3.63, 3.8) is 0 Å². The SMILES string of the molecule is COCCn1nc(C)c(CN(C)C(=O)C2(CC(C)=O)CCC2)c1C. The maximum absolute atomic E-state index is 12.9. The molecule has 134 valence electrons. The summed E-state index contributed by atoms with van der Waals surface area (Å²) in [7, 11) is 3.50. The average Bonchev–Trinajstić information content (AvgIpc) is 2.75. The van der Waals surface area contributed by atoms with Crippen LogP contribution in [0, 0.1) is 19.3 Å². The molecule has 1 amide bonds. The number of hydrogen-bond acceptors (Lipinski definition) is 4. The van der Waals surface area contributed by atoms with Gasteiger partial charge in [-0.15, -0.1) is 0 Å². The van der Waals surface area contributed by atoms with Gasteiger partial charge in [0.15, 0.2) is 0 Å². The summed E-state index contributed by atoms with van der Waals surface area (Å²) in [5.74, 6) is 0.184. The lowest BCUT2D eigenvalue weighted by molar-refractivity contribution is -0.149. The maximum Gasteiger partial charge on any atom is 0.229 e. The molecule has 2 rings (SSSR count). The topological polar surface area (TPSA) is 64.4 Å². The molecule has 1 aliphatic carbocycles. The number of ketones is 1. The van der Waals surface area contributed by atoms with Crippen LogP contribution in [0.4, 0.5) is 0 Å². The molecule has 1 fully saturated rings. The van der Waals surface area contributed by atoms with E-state index in [1.807, 2.05) is 25.6 Å². The van der Waals surface area contributed by atoms with E-state index >= 15 is 0 Å². The Bertz CT molecular complexity index is 617. The van der Waals surface area contributed by atoms with E-state index in [1.54, 1.807) is 18.9 Å². The number of ether oxygens (including phenoxy) is 1. The minimum Gasteiger partial charge on any atom is -0.383 e. The highest BCUT2D eigenvalue weighted by Crippen LogP contribution is 2.45. The summed E-state index contributed by atoms with van der Waals surface area (Å²) in [6.07, 6.45) is 3.03. The van der Waals surface area contributed by atoms with Crippen molar-refractivity contribution in [2.75, 3.05) is 20.8 Å². The Morgan fingerprint density at radius 3 is 2.50 bits per heavy atom. The van der Waals surface area contributed by atoms with Gasteiger partial charge in [-0.3, -0.25) is 14.3 Å². The summed E-state index contributed by atoms with van der Waals surface area (Å²) in [6, 6.07) is 0. The van der Waals surface area contributed by atoms with Crippen molar-refractivity contribution in [1.29, 1.82) is 0 Å². The van der Waals surface area contributed by atoms with Crippen LogP contribution in [-0.4, -0.2) is 47.1 Å². The maximum atomic E-state index is 12.9. The second kappa shape index (κ2) is 7.47. The Hall–Kier alpha value is -1.69. The average molecular weight is 335 g/mol. The predicted molar refractivity (Wildman–Crippen MR) is 91.6 cm³/mol. The Labute approximate surface area is 144 Å². The standard InChI is InChI=1S/C18H29N3O3/c1-13(22)11-18(7-6-8-18)17(23)20(4)12-16-14(2)19-21(15(16)3)9-10-24-5/h6-12H2,1-5H3. The molecule has 0 unspecified atom stereocenters. The van der Waals surface area contributed by atoms with Crippen LogP contribution in [0.1, 0.15) is 49.6 Å². The highest BCUT2D eigenvalue weighted by atomic mass is 16.5. The van der Waals surface area contributed by atoms with Crippen LogP contribution in [0.3, 0.4) is 0 Å². The van der Waals surface area contributed by atoms with Crippen molar-refractivity contribution in [3.05, 3.63) is 17.0 Å². The molecule has 6 nitrogen and oxygen atoms in total. The summed E-state index contributed by atoms with van der Waals surface area (Å²) in [6.45, 7) is 7.41. The van der Waals surface area contributed by atoms with Crippen LogP contribution in [0.5, 0.6) is 0 Å². The lowest BCUT2D eigenvalue weighted by Crippen LogP contribution is -2.47. The van der Waals surface area contributed by atoms with E-state index in [0.717, 1.165) is 36.2 Å². The normalized spacial score (nSPS) is 15.9. The molecule has 0 spiro atoms. The Kier molecular flexibility index (Phi) is 5.80. The fourth-order valence-corrected chi connectivity index (χ4v) is 3.62. The largest absolute Gasteiger partial charge is 0.383 e. The lowest BCUT2D eigenvalue weighted by atomic mass is 9.65. The monoisotopic (exact) mass is 335 g/mol. The second-order valence-electron chi connectivity index (χ2n) is 7.04. The number of rotatable bonds is 8. The van der Waals surface area contributed by atoms with Crippen molar-refractivity contribution in [2.45, 2.75) is 59.5 Å². The molecule has 0 bridgehead atoms. The van der Waals surface area contributed by atoms with E-state index in [-0.39, 0.29) is 11.7 Å². The smallest absolute Gasteiger partial charge is 0.229 e. The fourth-order valence-electron chi connectivity index (χ4n) is 3.62. The van der Waals surface area contributed by atoms with Gasteiger partial charge < -0.3 is 9.64 Å². The van der Waals surface area contributed by atoms with Crippen molar-refractivity contribution in [2.24, 2.45) is 5.41 Å². The molecule has 0 atom stereocenters. The third kappa shape index (κ3) is 3.69. The minimum atomic E-state index is -0.464. The van der Waals surface area contributed by atoms with Crippen LogP contribution in [0.25, 0.3) is 0 Å². The number of hydrogen-bond donors (Lipinski definition) is 0. The fraction of sp³-hybridized carbons (Fsp3) is 0.722. The van der Waals surface area contributed by atoms with Crippen LogP contribution in [0.2, 0.25) is 0 Å². The van der Waals surface area contributed by atoms with Crippen LogP contribution < -0.4 is 0 Å². The van der Waals surface area contributed by atoms with E-state index < -0.39 is 5.41 Å². The van der Waals surface area contributed by atoms with E-state index in [1.165, 1.54) is 0 Å². The first-order valence-electron chi connectivity index (χ1n) is 8.57. The Morgan fingerprint density at radius 2 is 2.00 bits per heavy atom. The molecule has 1 aliphatic rings. The summed E-state index contributed by atoms with van der Waals surface area (Å²) >= 11 is 0. The molecule has 1 aromatic heterocycles. The lowest BCUT2D eigenvalue weighted by Gasteiger charge is -2.42. The minimum absolute atomic E-state index is 0.0902. The van der Waals surface area contributed by atoms with E-state index in [2.05, 4.69) is 5.10 Å². The Balaban J connectivity index is 2.11. The number of carbonyl (C=O) groups is 2. The number of methoxy groups -OCH3 is 1. The third-order valence-electron chi connectivity index (χ3n) is 5.13. The van der Waals surface area contributed by atoms with Crippen molar-refractivity contribution >= 4 is 11.7 Å². The van der Waals surface area contributed by atoms with Gasteiger partial charge in [0, 0.05) is 38.4 Å². The van der Waals surface area contributed by atoms with Crippen molar-refractivity contribution < 1.29 is 14.3 Å². The van der Waals surface area contributed by atoms with Gasteiger partial charge in [-0.25, -0.2) is 0 Å². The van der Waals surface area contributed by atoms with E-state index in [4.69, 9.17) is 4.74 Å². The number of nitrogens with zero attached hydrogens (tertiary/aromatic N) is 3. The summed E-state index contributed by atoms with van der Waals surface area (Å²) in [5.41, 5.74) is 2.63. The van der Waals surface area contributed by atoms with Gasteiger partial charge in [-0.1, -0.05) is 6.42 Å². The van der Waals surface area contributed by atoms with Gasteiger partial charge in [0.2, 0.25) is 5.91 Å². The van der Waals surface area contributed by atoms with Crippen LogP contribution in [-0.2, 0) is 27.4 Å². The van der Waals surface area contributed by atoms with Gasteiger partial charge in [0.25, 0.3) is 0 Å². The zero-order chi connectivity index (χ0) is 17.9. The molecule has 0 N–H and O–H groups in total. The Morgan fingerprint density at radius 1 is 1.33 bits per heavy atom. The number of Topliss-reactive ketones (excluding diaryl/α,β-unsaturated/α-hetero) is 1. The predicted octanol–water partition coefficient (Wildman–Crippen LogP) is 2.25. The third-order valence-corrected chi connectivity index (χ3v) is 5.13. The van der Waals surface area contributed by atoms with Gasteiger partial charge >= 0.3 is 0 Å². The molecule has 24 heavy (non-hydrogen) atoms. The molecule has 6 heteroatoms. The van der Waals surface area contributed by atoms with Gasteiger partial charge in [-0.05, 0) is 33.6 Å². The number of amides is 1. The number of aryl methyl sites for hydroxylation is 1. The van der Waals surface area contributed by atoms with Crippen LogP contribution >= 0.6 is 0 Å². The first-order valence-corrected chi connectivity index (χ1v) is 8.57. The van der Waals surface area contributed by atoms with Gasteiger partial charge in [-0.2, -0.15) is 5.10 Å². The first-order chi connectivity index (χ1) is 11.3. The summed E-state index contributed by atoms with van der Waals surface area (Å²) < 4.78 is 7.05. The molecule has 1 aromatic rings.